The fraction of sp³-hybridized carbons (Fsp3) is 0.455. The number of aliphatic hydroxyl groups is 1. The number of hydrogen-bond donors (Lipinski definition) is 1. The number of aliphatic hydroxyl groups excluding tert-OH is 1. The Labute approximate surface area is 95.6 Å². The fourth-order valence-electron chi connectivity index (χ4n) is 1.85. The molecule has 1 atom stereocenters. The summed E-state index contributed by atoms with van der Waals surface area (Å²) in [4.78, 5) is 0.307. The standard InChI is InChI=1S/C11H15NO3S/c1-9-3-2-4-11(7-9)16(14,15)12-6-5-10(13)8-12/h2-4,7,10,13H,5-6,8H2,1H3/t10-/m1/s1. The van der Waals surface area contributed by atoms with Crippen LogP contribution >= 0.6 is 0 Å². The maximum absolute atomic E-state index is 12.1. The molecule has 1 aromatic rings. The first kappa shape index (κ1) is 11.6. The van der Waals surface area contributed by atoms with E-state index in [9.17, 15) is 13.5 Å². The molecule has 16 heavy (non-hydrogen) atoms. The summed E-state index contributed by atoms with van der Waals surface area (Å²) in [6.07, 6.45) is -0.00927. The lowest BCUT2D eigenvalue weighted by Gasteiger charge is -2.15. The van der Waals surface area contributed by atoms with Gasteiger partial charge in [0.2, 0.25) is 10.0 Å². The molecule has 1 aliphatic rings. The van der Waals surface area contributed by atoms with Crippen LogP contribution in [-0.4, -0.2) is 37.0 Å². The number of rotatable bonds is 2. The second-order valence-corrected chi connectivity index (χ2v) is 6.06. The van der Waals surface area contributed by atoms with Crippen molar-refractivity contribution in [2.24, 2.45) is 0 Å². The van der Waals surface area contributed by atoms with Crippen LogP contribution < -0.4 is 0 Å². The van der Waals surface area contributed by atoms with E-state index in [0.29, 0.717) is 17.9 Å². The lowest BCUT2D eigenvalue weighted by molar-refractivity contribution is 0.189. The molecule has 5 heteroatoms. The number of β-amino-alcohol motifs (C(OH)–C–C–N with tert-alkyl or cyclic N) is 1. The molecule has 0 amide bonds. The summed E-state index contributed by atoms with van der Waals surface area (Å²) in [5.41, 5.74) is 0.917. The van der Waals surface area contributed by atoms with Gasteiger partial charge in [-0.25, -0.2) is 8.42 Å². The van der Waals surface area contributed by atoms with Crippen LogP contribution in [0.5, 0.6) is 0 Å². The van der Waals surface area contributed by atoms with Crippen LogP contribution in [0.3, 0.4) is 0 Å². The average molecular weight is 241 g/mol. The Balaban J connectivity index is 2.32. The Hall–Kier alpha value is -0.910. The molecule has 1 aliphatic heterocycles. The quantitative estimate of drug-likeness (QED) is 0.831. The Bertz CT molecular complexity index is 484. The molecule has 1 heterocycles. The SMILES string of the molecule is Cc1cccc(S(=O)(=O)N2CC[C@@H](O)C2)c1. The highest BCUT2D eigenvalue weighted by molar-refractivity contribution is 7.89. The van der Waals surface area contributed by atoms with Gasteiger partial charge in [0, 0.05) is 13.1 Å². The Morgan fingerprint density at radius 2 is 2.19 bits per heavy atom. The van der Waals surface area contributed by atoms with E-state index >= 15 is 0 Å². The predicted octanol–water partition coefficient (Wildman–Crippen LogP) is 0.750. The largest absolute Gasteiger partial charge is 0.392 e. The third kappa shape index (κ3) is 2.11. The highest BCUT2D eigenvalue weighted by Crippen LogP contribution is 2.21. The number of benzene rings is 1. The minimum absolute atomic E-state index is 0.205. The van der Waals surface area contributed by atoms with Crippen molar-refractivity contribution in [3.63, 3.8) is 0 Å². The molecule has 0 aromatic heterocycles. The summed E-state index contributed by atoms with van der Waals surface area (Å²) in [5, 5.41) is 9.36. The van der Waals surface area contributed by atoms with Crippen molar-refractivity contribution in [1.82, 2.24) is 4.31 Å². The van der Waals surface area contributed by atoms with Gasteiger partial charge in [-0.05, 0) is 31.0 Å². The second-order valence-electron chi connectivity index (χ2n) is 4.12. The number of hydrogen-bond acceptors (Lipinski definition) is 3. The molecule has 2 rings (SSSR count). The van der Waals surface area contributed by atoms with Crippen LogP contribution in [0.25, 0.3) is 0 Å². The molecule has 0 radical (unpaired) electrons. The molecular formula is C11H15NO3S. The van der Waals surface area contributed by atoms with Crippen molar-refractivity contribution >= 4 is 10.0 Å². The number of nitrogens with zero attached hydrogens (tertiary/aromatic N) is 1. The van der Waals surface area contributed by atoms with E-state index in [-0.39, 0.29) is 6.54 Å². The van der Waals surface area contributed by atoms with Gasteiger partial charge in [0.25, 0.3) is 0 Å². The smallest absolute Gasteiger partial charge is 0.243 e. The highest BCUT2D eigenvalue weighted by atomic mass is 32.2. The first-order valence-electron chi connectivity index (χ1n) is 5.25. The first-order chi connectivity index (χ1) is 7.50. The molecule has 0 saturated carbocycles. The van der Waals surface area contributed by atoms with Crippen molar-refractivity contribution in [3.05, 3.63) is 29.8 Å². The molecule has 1 N–H and O–H groups in total. The van der Waals surface area contributed by atoms with Gasteiger partial charge in [0.05, 0.1) is 11.0 Å². The predicted molar refractivity (Wildman–Crippen MR) is 60.6 cm³/mol. The van der Waals surface area contributed by atoms with Gasteiger partial charge in [0.15, 0.2) is 0 Å². The maximum atomic E-state index is 12.1. The van der Waals surface area contributed by atoms with Crippen LogP contribution in [0.4, 0.5) is 0 Å². The molecule has 1 aromatic carbocycles. The van der Waals surface area contributed by atoms with Crippen LogP contribution in [0.15, 0.2) is 29.2 Å². The zero-order chi connectivity index (χ0) is 11.8. The van der Waals surface area contributed by atoms with Crippen molar-refractivity contribution in [1.29, 1.82) is 0 Å². The van der Waals surface area contributed by atoms with Gasteiger partial charge in [-0.15, -0.1) is 0 Å². The molecule has 0 unspecified atom stereocenters. The van der Waals surface area contributed by atoms with E-state index < -0.39 is 16.1 Å². The first-order valence-corrected chi connectivity index (χ1v) is 6.69. The number of sulfonamides is 1. The fourth-order valence-corrected chi connectivity index (χ4v) is 3.45. The van der Waals surface area contributed by atoms with E-state index in [1.165, 1.54) is 4.31 Å². The maximum Gasteiger partial charge on any atom is 0.243 e. The molecule has 4 nitrogen and oxygen atoms in total. The second kappa shape index (κ2) is 4.16. The normalized spacial score (nSPS) is 22.5. The van der Waals surface area contributed by atoms with Crippen LogP contribution in [0.1, 0.15) is 12.0 Å². The minimum Gasteiger partial charge on any atom is -0.392 e. The Morgan fingerprint density at radius 3 is 2.75 bits per heavy atom. The summed E-state index contributed by atoms with van der Waals surface area (Å²) < 4.78 is 25.6. The van der Waals surface area contributed by atoms with E-state index in [0.717, 1.165) is 5.56 Å². The molecule has 1 fully saturated rings. The molecule has 1 saturated heterocycles. The zero-order valence-corrected chi connectivity index (χ0v) is 9.94. The third-order valence-electron chi connectivity index (χ3n) is 2.75. The number of aryl methyl sites for hydroxylation is 1. The summed E-state index contributed by atoms with van der Waals surface area (Å²) in [6, 6.07) is 6.83. The van der Waals surface area contributed by atoms with Crippen molar-refractivity contribution in [2.45, 2.75) is 24.3 Å². The van der Waals surface area contributed by atoms with Crippen molar-refractivity contribution in [3.8, 4) is 0 Å². The van der Waals surface area contributed by atoms with Crippen molar-refractivity contribution in [2.75, 3.05) is 13.1 Å². The van der Waals surface area contributed by atoms with E-state index in [1.807, 2.05) is 13.0 Å². The lowest BCUT2D eigenvalue weighted by atomic mass is 10.2. The molecule has 0 aliphatic carbocycles. The van der Waals surface area contributed by atoms with Crippen molar-refractivity contribution < 1.29 is 13.5 Å². The van der Waals surface area contributed by atoms with Gasteiger partial charge in [-0.2, -0.15) is 4.31 Å². The summed E-state index contributed by atoms with van der Waals surface area (Å²) in [7, 11) is -3.42. The third-order valence-corrected chi connectivity index (χ3v) is 4.61. The minimum atomic E-state index is -3.42. The van der Waals surface area contributed by atoms with Crippen LogP contribution in [0.2, 0.25) is 0 Å². The van der Waals surface area contributed by atoms with Gasteiger partial charge in [-0.1, -0.05) is 12.1 Å². The van der Waals surface area contributed by atoms with Gasteiger partial charge >= 0.3 is 0 Å². The molecule has 0 spiro atoms. The summed E-state index contributed by atoms with van der Waals surface area (Å²) in [6.45, 7) is 2.46. The van der Waals surface area contributed by atoms with Crippen LogP contribution in [-0.2, 0) is 10.0 Å². The van der Waals surface area contributed by atoms with Gasteiger partial charge in [-0.3, -0.25) is 0 Å². The van der Waals surface area contributed by atoms with E-state index in [1.54, 1.807) is 18.2 Å². The summed E-state index contributed by atoms with van der Waals surface area (Å²) >= 11 is 0. The topological polar surface area (TPSA) is 57.6 Å². The molecule has 88 valence electrons. The monoisotopic (exact) mass is 241 g/mol. The molecular weight excluding hydrogens is 226 g/mol. The highest BCUT2D eigenvalue weighted by Gasteiger charge is 2.31. The zero-order valence-electron chi connectivity index (χ0n) is 9.13. The van der Waals surface area contributed by atoms with E-state index in [4.69, 9.17) is 0 Å². The average Bonchev–Trinajstić information content (AvgIpc) is 2.65. The lowest BCUT2D eigenvalue weighted by Crippen LogP contribution is -2.29. The summed E-state index contributed by atoms with van der Waals surface area (Å²) in [5.74, 6) is 0. The Morgan fingerprint density at radius 1 is 1.44 bits per heavy atom. The van der Waals surface area contributed by atoms with Gasteiger partial charge < -0.3 is 5.11 Å². The van der Waals surface area contributed by atoms with Gasteiger partial charge in [0.1, 0.15) is 0 Å². The molecule has 0 bridgehead atoms. The van der Waals surface area contributed by atoms with Crippen LogP contribution in [0, 0.1) is 6.92 Å². The Kier molecular flexibility index (Phi) is 3.01. The van der Waals surface area contributed by atoms with E-state index in [2.05, 4.69) is 0 Å².